The number of amides is 2. The van der Waals surface area contributed by atoms with Gasteiger partial charge in [0.25, 0.3) is 5.91 Å². The van der Waals surface area contributed by atoms with Crippen LogP contribution in [0.25, 0.3) is 11.4 Å². The Balaban J connectivity index is 1.52. The highest BCUT2D eigenvalue weighted by Crippen LogP contribution is 2.28. The summed E-state index contributed by atoms with van der Waals surface area (Å²) in [7, 11) is 0. The standard InChI is InChI=1S/C21H21N5O2/c1-12-4-6-15(7-5-12)19-23-21-24-20(28)17(26(21)25-19)11-18(27)22-16-9-13(2)8-14(3)10-16/h4-10,17H,11H2,1-3H3,(H,22,27)(H,23,24,25,28)/t17-/m1/s1. The Labute approximate surface area is 162 Å². The number of carbonyl (C=O) groups excluding carboxylic acids is 2. The molecule has 0 aliphatic carbocycles. The molecule has 1 aliphatic heterocycles. The number of nitrogens with zero attached hydrogens (tertiary/aromatic N) is 3. The molecule has 28 heavy (non-hydrogen) atoms. The van der Waals surface area contributed by atoms with E-state index in [1.807, 2.05) is 63.2 Å². The van der Waals surface area contributed by atoms with Gasteiger partial charge in [0.2, 0.25) is 11.9 Å². The van der Waals surface area contributed by atoms with Crippen LogP contribution in [-0.2, 0) is 9.59 Å². The maximum absolute atomic E-state index is 12.5. The average Bonchev–Trinajstić information content (AvgIpc) is 3.13. The van der Waals surface area contributed by atoms with Crippen molar-refractivity contribution in [3.05, 3.63) is 59.2 Å². The Kier molecular flexibility index (Phi) is 4.43. The van der Waals surface area contributed by atoms with E-state index in [2.05, 4.69) is 20.7 Å². The number of fused-ring (bicyclic) bond motifs is 1. The van der Waals surface area contributed by atoms with Gasteiger partial charge in [-0.05, 0) is 44.0 Å². The van der Waals surface area contributed by atoms with Gasteiger partial charge in [0.05, 0.1) is 6.42 Å². The third-order valence-electron chi connectivity index (χ3n) is 4.66. The number of hydrogen-bond donors (Lipinski definition) is 2. The Hall–Kier alpha value is -3.48. The average molecular weight is 375 g/mol. The van der Waals surface area contributed by atoms with Gasteiger partial charge in [-0.15, -0.1) is 5.10 Å². The molecular formula is C21H21N5O2. The van der Waals surface area contributed by atoms with E-state index in [0.29, 0.717) is 11.8 Å². The van der Waals surface area contributed by atoms with Crippen LogP contribution < -0.4 is 10.6 Å². The van der Waals surface area contributed by atoms with Crippen LogP contribution >= 0.6 is 0 Å². The highest BCUT2D eigenvalue weighted by molar-refractivity contribution is 6.01. The molecule has 3 aromatic rings. The van der Waals surface area contributed by atoms with Crippen molar-refractivity contribution in [1.82, 2.24) is 14.8 Å². The lowest BCUT2D eigenvalue weighted by Gasteiger charge is -2.11. The molecule has 7 heteroatoms. The van der Waals surface area contributed by atoms with E-state index >= 15 is 0 Å². The summed E-state index contributed by atoms with van der Waals surface area (Å²) in [5.41, 5.74) is 4.86. The molecule has 0 bridgehead atoms. The fraction of sp³-hybridized carbons (Fsp3) is 0.238. The van der Waals surface area contributed by atoms with E-state index in [9.17, 15) is 9.59 Å². The van der Waals surface area contributed by atoms with Crippen LogP contribution in [0, 0.1) is 20.8 Å². The first-order chi connectivity index (χ1) is 13.4. The second-order valence-corrected chi connectivity index (χ2v) is 7.20. The van der Waals surface area contributed by atoms with Gasteiger partial charge in [0, 0.05) is 11.3 Å². The lowest BCUT2D eigenvalue weighted by Crippen LogP contribution is -2.23. The van der Waals surface area contributed by atoms with Crippen molar-refractivity contribution in [2.45, 2.75) is 33.2 Å². The molecule has 1 aliphatic rings. The smallest absolute Gasteiger partial charge is 0.252 e. The van der Waals surface area contributed by atoms with Crippen LogP contribution in [0.2, 0.25) is 0 Å². The SMILES string of the molecule is Cc1ccc(-c2nc3n(n2)[C@H](CC(=O)Nc2cc(C)cc(C)c2)C(=O)N3)cc1. The number of aryl methyl sites for hydroxylation is 3. The van der Waals surface area contributed by atoms with Gasteiger partial charge < -0.3 is 5.32 Å². The molecule has 1 atom stereocenters. The number of aromatic nitrogens is 3. The minimum Gasteiger partial charge on any atom is -0.326 e. The van der Waals surface area contributed by atoms with Crippen molar-refractivity contribution >= 4 is 23.5 Å². The zero-order valence-corrected chi connectivity index (χ0v) is 16.0. The van der Waals surface area contributed by atoms with E-state index < -0.39 is 6.04 Å². The fourth-order valence-corrected chi connectivity index (χ4v) is 3.37. The summed E-state index contributed by atoms with van der Waals surface area (Å²) in [6.07, 6.45) is -0.0114. The molecule has 142 valence electrons. The van der Waals surface area contributed by atoms with Crippen LogP contribution in [0.1, 0.15) is 29.2 Å². The molecule has 0 spiro atoms. The molecule has 0 saturated heterocycles. The summed E-state index contributed by atoms with van der Waals surface area (Å²) in [5.74, 6) is 0.367. The van der Waals surface area contributed by atoms with E-state index in [4.69, 9.17) is 0 Å². The molecule has 0 saturated carbocycles. The number of carbonyl (C=O) groups is 2. The molecule has 0 fully saturated rings. The molecule has 0 unspecified atom stereocenters. The van der Waals surface area contributed by atoms with Crippen molar-refractivity contribution < 1.29 is 9.59 Å². The van der Waals surface area contributed by atoms with Gasteiger partial charge in [-0.3, -0.25) is 14.9 Å². The highest BCUT2D eigenvalue weighted by Gasteiger charge is 2.35. The van der Waals surface area contributed by atoms with Gasteiger partial charge in [-0.1, -0.05) is 35.9 Å². The van der Waals surface area contributed by atoms with Gasteiger partial charge in [0.15, 0.2) is 5.82 Å². The fourth-order valence-electron chi connectivity index (χ4n) is 3.37. The quantitative estimate of drug-likeness (QED) is 0.731. The molecule has 2 amide bonds. The third kappa shape index (κ3) is 3.51. The summed E-state index contributed by atoms with van der Waals surface area (Å²) >= 11 is 0. The van der Waals surface area contributed by atoms with Crippen LogP contribution in [0.4, 0.5) is 11.6 Å². The van der Waals surface area contributed by atoms with Crippen molar-refractivity contribution in [2.75, 3.05) is 10.6 Å². The number of nitrogens with one attached hydrogen (secondary N) is 2. The molecule has 0 radical (unpaired) electrons. The monoisotopic (exact) mass is 375 g/mol. The van der Waals surface area contributed by atoms with Crippen molar-refractivity contribution in [3.63, 3.8) is 0 Å². The Morgan fingerprint density at radius 2 is 1.75 bits per heavy atom. The van der Waals surface area contributed by atoms with Crippen LogP contribution in [-0.4, -0.2) is 26.6 Å². The molecule has 2 aromatic carbocycles. The summed E-state index contributed by atoms with van der Waals surface area (Å²) in [6.45, 7) is 5.96. The van der Waals surface area contributed by atoms with Crippen molar-refractivity contribution in [1.29, 1.82) is 0 Å². The van der Waals surface area contributed by atoms with Crippen molar-refractivity contribution in [2.24, 2.45) is 0 Å². The minimum atomic E-state index is -0.715. The molecular weight excluding hydrogens is 354 g/mol. The normalized spacial score (nSPS) is 15.2. The lowest BCUT2D eigenvalue weighted by atomic mass is 10.1. The van der Waals surface area contributed by atoms with E-state index in [-0.39, 0.29) is 18.2 Å². The largest absolute Gasteiger partial charge is 0.326 e. The predicted octanol–water partition coefficient (Wildman–Crippen LogP) is 3.39. The molecule has 1 aromatic heterocycles. The van der Waals surface area contributed by atoms with Gasteiger partial charge in [-0.2, -0.15) is 4.98 Å². The second kappa shape index (κ2) is 6.92. The zero-order chi connectivity index (χ0) is 19.8. The Bertz CT molecular complexity index is 1050. The van der Waals surface area contributed by atoms with E-state index in [0.717, 1.165) is 27.9 Å². The Morgan fingerprint density at radius 3 is 2.43 bits per heavy atom. The van der Waals surface area contributed by atoms with Crippen molar-refractivity contribution in [3.8, 4) is 11.4 Å². The topological polar surface area (TPSA) is 88.9 Å². The Morgan fingerprint density at radius 1 is 1.07 bits per heavy atom. The van der Waals surface area contributed by atoms with E-state index in [1.54, 1.807) is 0 Å². The highest BCUT2D eigenvalue weighted by atomic mass is 16.2. The molecule has 7 nitrogen and oxygen atoms in total. The maximum atomic E-state index is 12.5. The minimum absolute atomic E-state index is 0.0114. The van der Waals surface area contributed by atoms with Crippen LogP contribution in [0.3, 0.4) is 0 Å². The molecule has 2 heterocycles. The molecule has 4 rings (SSSR count). The summed E-state index contributed by atoms with van der Waals surface area (Å²) in [5, 5.41) is 10.0. The number of rotatable bonds is 4. The summed E-state index contributed by atoms with van der Waals surface area (Å²) in [4.78, 5) is 29.2. The van der Waals surface area contributed by atoms with Gasteiger partial charge in [0.1, 0.15) is 6.04 Å². The van der Waals surface area contributed by atoms with E-state index in [1.165, 1.54) is 4.68 Å². The molecule has 2 N–H and O–H groups in total. The first kappa shape index (κ1) is 17.9. The number of anilines is 2. The predicted molar refractivity (Wildman–Crippen MR) is 107 cm³/mol. The van der Waals surface area contributed by atoms with Gasteiger partial charge >= 0.3 is 0 Å². The maximum Gasteiger partial charge on any atom is 0.252 e. The zero-order valence-electron chi connectivity index (χ0n) is 16.0. The third-order valence-corrected chi connectivity index (χ3v) is 4.66. The van der Waals surface area contributed by atoms with Crippen LogP contribution in [0.5, 0.6) is 0 Å². The second-order valence-electron chi connectivity index (χ2n) is 7.20. The van der Waals surface area contributed by atoms with Gasteiger partial charge in [-0.25, -0.2) is 4.68 Å². The lowest BCUT2D eigenvalue weighted by molar-refractivity contribution is -0.123. The first-order valence-corrected chi connectivity index (χ1v) is 9.11. The number of hydrogen-bond acceptors (Lipinski definition) is 4. The van der Waals surface area contributed by atoms with Crippen LogP contribution in [0.15, 0.2) is 42.5 Å². The summed E-state index contributed by atoms with van der Waals surface area (Å²) < 4.78 is 1.50. The summed E-state index contributed by atoms with van der Waals surface area (Å²) in [6, 6.07) is 12.9. The number of benzene rings is 2. The first-order valence-electron chi connectivity index (χ1n) is 9.11.